The molecule has 1 fully saturated rings. The van der Waals surface area contributed by atoms with Crippen LogP contribution in [0.2, 0.25) is 0 Å². The van der Waals surface area contributed by atoms with Crippen molar-refractivity contribution in [2.24, 2.45) is 10.3 Å². The van der Waals surface area contributed by atoms with Gasteiger partial charge in [0.2, 0.25) is 0 Å². The lowest BCUT2D eigenvalue weighted by atomic mass is 10.0. The second-order valence-corrected chi connectivity index (χ2v) is 9.37. The first-order valence-electron chi connectivity index (χ1n) is 9.87. The van der Waals surface area contributed by atoms with Gasteiger partial charge in [-0.1, -0.05) is 26.0 Å². The number of nitrogens with one attached hydrogen (secondary N) is 1. The molecule has 0 saturated carbocycles. The van der Waals surface area contributed by atoms with Crippen LogP contribution >= 0.6 is 0 Å². The zero-order valence-electron chi connectivity index (χ0n) is 16.9. The van der Waals surface area contributed by atoms with Crippen LogP contribution in [0.15, 0.2) is 33.6 Å². The number of esters is 1. The van der Waals surface area contributed by atoms with E-state index in [-0.39, 0.29) is 35.2 Å². The van der Waals surface area contributed by atoms with Crippen molar-refractivity contribution in [3.05, 3.63) is 29.8 Å². The van der Waals surface area contributed by atoms with Gasteiger partial charge in [-0.25, -0.2) is 4.79 Å². The van der Waals surface area contributed by atoms with Gasteiger partial charge in [-0.2, -0.15) is 8.42 Å². The fraction of sp³-hybridized carbons (Fsp3) is 0.550. The molecular formula is C20H27N3O5S. The van der Waals surface area contributed by atoms with E-state index in [0.717, 1.165) is 12.8 Å². The van der Waals surface area contributed by atoms with Crippen LogP contribution in [0.1, 0.15) is 45.6 Å². The number of nitrogens with zero attached hydrogens (tertiary/aromatic N) is 2. The Bertz CT molecular complexity index is 926. The van der Waals surface area contributed by atoms with Crippen molar-refractivity contribution in [2.45, 2.75) is 57.0 Å². The summed E-state index contributed by atoms with van der Waals surface area (Å²) in [6.07, 6.45) is 2.15. The van der Waals surface area contributed by atoms with Crippen LogP contribution in [-0.4, -0.2) is 56.3 Å². The van der Waals surface area contributed by atoms with Crippen molar-refractivity contribution in [2.75, 3.05) is 13.2 Å². The smallest absolute Gasteiger partial charge is 0.329 e. The second-order valence-electron chi connectivity index (χ2n) is 7.80. The van der Waals surface area contributed by atoms with Crippen molar-refractivity contribution in [1.29, 1.82) is 0 Å². The van der Waals surface area contributed by atoms with Gasteiger partial charge in [0.25, 0.3) is 15.9 Å². The molecule has 29 heavy (non-hydrogen) atoms. The van der Waals surface area contributed by atoms with E-state index >= 15 is 0 Å². The Kier molecular flexibility index (Phi) is 6.26. The minimum Gasteiger partial charge on any atom is -0.454 e. The average molecular weight is 422 g/mol. The Morgan fingerprint density at radius 1 is 1.24 bits per heavy atom. The summed E-state index contributed by atoms with van der Waals surface area (Å²) in [6.45, 7) is 6.01. The van der Waals surface area contributed by atoms with Crippen LogP contribution < -0.4 is 5.32 Å². The van der Waals surface area contributed by atoms with E-state index in [9.17, 15) is 18.0 Å². The van der Waals surface area contributed by atoms with Crippen LogP contribution in [0.3, 0.4) is 0 Å². The van der Waals surface area contributed by atoms with Crippen molar-refractivity contribution in [3.63, 3.8) is 0 Å². The Labute approximate surface area is 171 Å². The molecule has 2 aliphatic heterocycles. The second kappa shape index (κ2) is 8.52. The number of hydrogen-bond acceptors (Lipinski definition) is 6. The first-order chi connectivity index (χ1) is 13.7. The van der Waals surface area contributed by atoms with E-state index in [2.05, 4.69) is 9.71 Å². The van der Waals surface area contributed by atoms with Gasteiger partial charge in [0.15, 0.2) is 12.4 Å². The summed E-state index contributed by atoms with van der Waals surface area (Å²) in [5, 5.41) is 2.79. The molecule has 0 bridgehead atoms. The number of carbonyl (C=O) groups is 2. The molecule has 158 valence electrons. The number of hydrogen-bond donors (Lipinski definition) is 1. The first kappa shape index (κ1) is 21.3. The predicted octanol–water partition coefficient (Wildman–Crippen LogP) is 1.69. The summed E-state index contributed by atoms with van der Waals surface area (Å²) in [4.78, 5) is 26.6. The van der Waals surface area contributed by atoms with E-state index in [1.165, 1.54) is 6.07 Å². The lowest BCUT2D eigenvalue weighted by molar-refractivity contribution is -0.153. The number of carbonyl (C=O) groups excluding carboxylic acids is 2. The van der Waals surface area contributed by atoms with Gasteiger partial charge in [0.1, 0.15) is 10.9 Å². The molecule has 0 aliphatic carbocycles. The molecule has 1 aromatic carbocycles. The van der Waals surface area contributed by atoms with Crippen molar-refractivity contribution < 1.29 is 22.7 Å². The molecule has 2 heterocycles. The summed E-state index contributed by atoms with van der Waals surface area (Å²) >= 11 is 0. The zero-order valence-corrected chi connectivity index (χ0v) is 17.7. The molecule has 2 atom stereocenters. The number of likely N-dealkylation sites (tertiary alicyclic amines) is 1. The summed E-state index contributed by atoms with van der Waals surface area (Å²) < 4.78 is 33.9. The monoisotopic (exact) mass is 421 g/mol. The van der Waals surface area contributed by atoms with Gasteiger partial charge in [0, 0.05) is 18.2 Å². The molecule has 0 unspecified atom stereocenters. The molecule has 3 rings (SSSR count). The molecule has 1 N–H and O–H groups in total. The lowest BCUT2D eigenvalue weighted by Gasteiger charge is -2.35. The molecule has 0 spiro atoms. The topological polar surface area (TPSA) is 105 Å². The Balaban J connectivity index is 1.72. The van der Waals surface area contributed by atoms with Crippen molar-refractivity contribution >= 4 is 27.7 Å². The maximum Gasteiger partial charge on any atom is 0.329 e. The van der Waals surface area contributed by atoms with Crippen LogP contribution in [0.4, 0.5) is 0 Å². The Morgan fingerprint density at radius 2 is 1.97 bits per heavy atom. The Hall–Kier alpha value is -2.42. The van der Waals surface area contributed by atoms with E-state index in [4.69, 9.17) is 4.74 Å². The van der Waals surface area contributed by atoms with Crippen LogP contribution in [0.5, 0.6) is 0 Å². The normalized spacial score (nSPS) is 21.3. The number of amides is 1. The number of sulfonamides is 1. The van der Waals surface area contributed by atoms with Crippen LogP contribution in [0.25, 0.3) is 0 Å². The highest BCUT2D eigenvalue weighted by molar-refractivity contribution is 7.90. The summed E-state index contributed by atoms with van der Waals surface area (Å²) in [5.41, 5.74) is 0.496. The molecule has 0 aromatic heterocycles. The predicted molar refractivity (Wildman–Crippen MR) is 108 cm³/mol. The quantitative estimate of drug-likeness (QED) is 0.726. The van der Waals surface area contributed by atoms with Crippen LogP contribution in [0, 0.1) is 5.92 Å². The largest absolute Gasteiger partial charge is 0.454 e. The lowest BCUT2D eigenvalue weighted by Crippen LogP contribution is -2.49. The number of fused-ring (bicyclic) bond motifs is 1. The third-order valence-corrected chi connectivity index (χ3v) is 6.72. The molecule has 1 saturated heterocycles. The molecule has 8 nitrogen and oxygen atoms in total. The maximum absolute atomic E-state index is 12.7. The number of benzene rings is 1. The van der Waals surface area contributed by atoms with Gasteiger partial charge in [-0.3, -0.25) is 4.79 Å². The highest BCUT2D eigenvalue weighted by Gasteiger charge is 2.38. The fourth-order valence-corrected chi connectivity index (χ4v) is 4.64. The van der Waals surface area contributed by atoms with E-state index < -0.39 is 22.0 Å². The van der Waals surface area contributed by atoms with Crippen molar-refractivity contribution in [3.8, 4) is 0 Å². The zero-order chi connectivity index (χ0) is 21.2. The summed E-state index contributed by atoms with van der Waals surface area (Å²) in [6, 6.07) is 5.90. The molecule has 2 aliphatic rings. The number of rotatable bonds is 5. The summed E-state index contributed by atoms with van der Waals surface area (Å²) in [5.74, 6) is -0.347. The van der Waals surface area contributed by atoms with Gasteiger partial charge >= 0.3 is 5.97 Å². The van der Waals surface area contributed by atoms with Gasteiger partial charge in [0.05, 0.1) is 0 Å². The minimum absolute atomic E-state index is 0.0260. The third kappa shape index (κ3) is 4.60. The van der Waals surface area contributed by atoms with E-state index in [1.54, 1.807) is 23.1 Å². The average Bonchev–Trinajstić information content (AvgIpc) is 2.97. The molecular weight excluding hydrogens is 394 g/mol. The van der Waals surface area contributed by atoms with Gasteiger partial charge < -0.3 is 15.0 Å². The molecule has 9 heteroatoms. The number of amidine groups is 1. The van der Waals surface area contributed by atoms with Gasteiger partial charge in [-0.05, 0) is 44.2 Å². The molecule has 1 amide bonds. The van der Waals surface area contributed by atoms with Crippen molar-refractivity contribution in [1.82, 2.24) is 10.2 Å². The highest BCUT2D eigenvalue weighted by Crippen LogP contribution is 2.30. The third-order valence-electron chi connectivity index (χ3n) is 5.39. The molecule has 0 radical (unpaired) electrons. The number of ether oxygens (including phenoxy) is 1. The fourth-order valence-electron chi connectivity index (χ4n) is 3.42. The Morgan fingerprint density at radius 3 is 2.69 bits per heavy atom. The standard InChI is InChI=1S/C20H27N3O5S/c1-13(2)14(3)21-18(24)12-28-20(25)16-9-6-7-11-23(16)19-15-8-4-5-10-17(15)29(26,27)22-19/h4-5,8,10,13-14,16H,6-7,9,11-12H2,1-3H3,(H,21,24)/t14-,16-/m0/s1. The minimum atomic E-state index is -3.77. The maximum atomic E-state index is 12.7. The summed E-state index contributed by atoms with van der Waals surface area (Å²) in [7, 11) is -3.77. The van der Waals surface area contributed by atoms with E-state index in [0.29, 0.717) is 18.5 Å². The SMILES string of the molecule is CC(C)[C@H](C)NC(=O)COC(=O)[C@@H]1CCCCN1C1=NS(=O)(=O)c2ccccc21. The van der Waals surface area contributed by atoms with E-state index in [1.807, 2.05) is 20.8 Å². The molecule has 1 aromatic rings. The van der Waals surface area contributed by atoms with Gasteiger partial charge in [-0.15, -0.1) is 4.40 Å². The number of piperidine rings is 1. The highest BCUT2D eigenvalue weighted by atomic mass is 32.2. The first-order valence-corrected chi connectivity index (χ1v) is 11.3. The van der Waals surface area contributed by atoms with Crippen LogP contribution in [-0.2, 0) is 24.3 Å².